The summed E-state index contributed by atoms with van der Waals surface area (Å²) in [7, 11) is 0. The van der Waals surface area contributed by atoms with E-state index in [2.05, 4.69) is 5.32 Å². The van der Waals surface area contributed by atoms with Crippen molar-refractivity contribution < 1.29 is 33.7 Å². The average Bonchev–Trinajstić information content (AvgIpc) is 3.75. The van der Waals surface area contributed by atoms with Gasteiger partial charge in [-0.1, -0.05) is 6.92 Å². The van der Waals surface area contributed by atoms with Crippen LogP contribution in [0, 0.1) is 18.7 Å². The quantitative estimate of drug-likeness (QED) is 0.285. The van der Waals surface area contributed by atoms with Gasteiger partial charge in [-0.3, -0.25) is 9.59 Å². The molecule has 3 aromatic rings. The Kier molecular flexibility index (Phi) is 6.27. The van der Waals surface area contributed by atoms with Gasteiger partial charge < -0.3 is 29.6 Å². The first-order chi connectivity index (χ1) is 20.2. The van der Waals surface area contributed by atoms with Crippen molar-refractivity contribution in [3.63, 3.8) is 0 Å². The van der Waals surface area contributed by atoms with Crippen molar-refractivity contribution in [1.82, 2.24) is 14.9 Å². The fraction of sp³-hybridized carbons (Fsp3) is 0.484. The lowest BCUT2D eigenvalue weighted by molar-refractivity contribution is -0.172. The zero-order valence-electron chi connectivity index (χ0n) is 23.5. The Labute approximate surface area is 240 Å². The second kappa shape index (κ2) is 9.68. The summed E-state index contributed by atoms with van der Waals surface area (Å²) in [6, 6.07) is 2.58. The normalized spacial score (nSPS) is 22.8. The second-order valence-electron chi connectivity index (χ2n) is 11.8. The number of aliphatic hydroxyl groups is 2. The fourth-order valence-corrected chi connectivity index (χ4v) is 6.96. The number of halogens is 1. The van der Waals surface area contributed by atoms with Crippen LogP contribution < -0.4 is 10.9 Å². The second-order valence-corrected chi connectivity index (χ2v) is 11.8. The van der Waals surface area contributed by atoms with Crippen LogP contribution in [0.5, 0.6) is 0 Å². The van der Waals surface area contributed by atoms with Crippen LogP contribution in [0.1, 0.15) is 72.0 Å². The molecule has 220 valence electrons. The van der Waals surface area contributed by atoms with Crippen molar-refractivity contribution in [3.05, 3.63) is 61.7 Å². The van der Waals surface area contributed by atoms with E-state index in [9.17, 15) is 24.6 Å². The zero-order valence-corrected chi connectivity index (χ0v) is 23.5. The molecule has 10 nitrogen and oxygen atoms in total. The number of nitrogens with one attached hydrogen (secondary N) is 1. The largest absolute Gasteiger partial charge is 0.458 e. The van der Waals surface area contributed by atoms with E-state index in [4.69, 9.17) is 14.5 Å². The van der Waals surface area contributed by atoms with Gasteiger partial charge in [-0.2, -0.15) is 0 Å². The SMILES string of the molecule is CC[C@@]1(O)C(=O)OCc2c1cc1n(c2=O)Cc2c-1nc1cc(F)c(C)c3c1c2[C@@H](NC(=O)[C@@H](OCCO)C1CC1)CC3. The van der Waals surface area contributed by atoms with E-state index in [-0.39, 0.29) is 67.1 Å². The third-order valence-electron chi connectivity index (χ3n) is 9.39. The first-order valence-electron chi connectivity index (χ1n) is 14.5. The number of fused-ring (bicyclic) bond motifs is 5. The number of aryl methyl sites for hydroxylation is 1. The minimum Gasteiger partial charge on any atom is -0.458 e. The Balaban J connectivity index is 1.40. The maximum Gasteiger partial charge on any atom is 0.343 e. The highest BCUT2D eigenvalue weighted by atomic mass is 19.1. The third kappa shape index (κ3) is 3.86. The molecule has 0 unspecified atom stereocenters. The molecule has 7 rings (SSSR count). The van der Waals surface area contributed by atoms with Gasteiger partial charge in [0.15, 0.2) is 5.60 Å². The molecule has 0 saturated heterocycles. The molecule has 2 aromatic heterocycles. The fourth-order valence-electron chi connectivity index (χ4n) is 6.96. The number of benzene rings is 1. The number of rotatable bonds is 7. The van der Waals surface area contributed by atoms with Crippen LogP contribution in [-0.4, -0.2) is 51.0 Å². The molecule has 0 spiro atoms. The molecule has 1 saturated carbocycles. The van der Waals surface area contributed by atoms with Gasteiger partial charge in [0, 0.05) is 22.6 Å². The number of carbonyl (C=O) groups is 2. The number of cyclic esters (lactones) is 1. The standard InChI is InChI=1S/C31H32FN3O7/c1-3-31(40)19-10-23-26-17(12-35(23)29(38)18(19)13-42-30(31)39)25-21(34-28(37)27(15-4-5-15)41-9-8-36)7-6-16-14(2)20(32)11-22(33-26)24(16)25/h10-11,15,21,27,36,40H,3-9,12-13H2,1-2H3,(H,34,37)/t21-,27-,31-/m0/s1. The van der Waals surface area contributed by atoms with Crippen LogP contribution in [0.15, 0.2) is 16.9 Å². The zero-order chi connectivity index (χ0) is 29.5. The lowest BCUT2D eigenvalue weighted by Gasteiger charge is -2.31. The molecule has 3 atom stereocenters. The molecule has 4 aliphatic rings. The summed E-state index contributed by atoms with van der Waals surface area (Å²) in [4.78, 5) is 44.7. The van der Waals surface area contributed by atoms with Gasteiger partial charge in [0.1, 0.15) is 18.5 Å². The van der Waals surface area contributed by atoms with Crippen LogP contribution in [0.25, 0.3) is 22.3 Å². The Morgan fingerprint density at radius 2 is 2.05 bits per heavy atom. The topological polar surface area (TPSA) is 140 Å². The number of esters is 1. The number of pyridine rings is 2. The van der Waals surface area contributed by atoms with Gasteiger partial charge in [0.2, 0.25) is 5.91 Å². The molecule has 4 heterocycles. The van der Waals surface area contributed by atoms with Gasteiger partial charge in [0.05, 0.1) is 48.3 Å². The van der Waals surface area contributed by atoms with Crippen molar-refractivity contribution in [3.8, 4) is 11.4 Å². The molecule has 42 heavy (non-hydrogen) atoms. The number of hydrogen-bond donors (Lipinski definition) is 3. The highest BCUT2D eigenvalue weighted by Gasteiger charge is 2.46. The van der Waals surface area contributed by atoms with Crippen molar-refractivity contribution in [2.45, 2.75) is 76.9 Å². The number of aromatic nitrogens is 2. The maximum atomic E-state index is 15.1. The first kappa shape index (κ1) is 27.2. The summed E-state index contributed by atoms with van der Waals surface area (Å²) in [6.07, 6.45) is 2.16. The molecule has 1 fully saturated rings. The molecule has 2 aliphatic carbocycles. The molecule has 1 amide bonds. The molecule has 3 N–H and O–H groups in total. The minimum absolute atomic E-state index is 0.0213. The highest BCUT2D eigenvalue weighted by Crippen LogP contribution is 2.46. The van der Waals surface area contributed by atoms with Crippen LogP contribution in [0.2, 0.25) is 0 Å². The summed E-state index contributed by atoms with van der Waals surface area (Å²) in [5.41, 5.74) is 2.27. The number of hydrogen-bond acceptors (Lipinski definition) is 8. The lowest BCUT2D eigenvalue weighted by Crippen LogP contribution is -2.44. The molecule has 2 aliphatic heterocycles. The number of carbonyl (C=O) groups excluding carboxylic acids is 2. The van der Waals surface area contributed by atoms with E-state index in [0.29, 0.717) is 35.3 Å². The van der Waals surface area contributed by atoms with E-state index < -0.39 is 23.7 Å². The number of nitrogens with zero attached hydrogens (tertiary/aromatic N) is 2. The molecular weight excluding hydrogens is 545 g/mol. The van der Waals surface area contributed by atoms with E-state index in [1.807, 2.05) is 0 Å². The summed E-state index contributed by atoms with van der Waals surface area (Å²) in [6.45, 7) is 3.19. The monoisotopic (exact) mass is 577 g/mol. The van der Waals surface area contributed by atoms with Gasteiger partial charge in [0.25, 0.3) is 5.56 Å². The van der Waals surface area contributed by atoms with E-state index in [1.54, 1.807) is 24.5 Å². The highest BCUT2D eigenvalue weighted by molar-refractivity contribution is 5.94. The van der Waals surface area contributed by atoms with E-state index >= 15 is 4.39 Å². The van der Waals surface area contributed by atoms with Crippen LogP contribution in [0.4, 0.5) is 4.39 Å². The van der Waals surface area contributed by atoms with Gasteiger partial charge in [-0.05, 0) is 67.7 Å². The van der Waals surface area contributed by atoms with Gasteiger partial charge in [-0.15, -0.1) is 0 Å². The predicted molar refractivity (Wildman–Crippen MR) is 148 cm³/mol. The van der Waals surface area contributed by atoms with Gasteiger partial charge >= 0.3 is 5.97 Å². The van der Waals surface area contributed by atoms with Crippen LogP contribution in [0.3, 0.4) is 0 Å². The molecular formula is C31H32FN3O7. The molecule has 0 radical (unpaired) electrons. The molecule has 1 aromatic carbocycles. The Hall–Kier alpha value is -3.67. The molecule has 11 heteroatoms. The molecule has 0 bridgehead atoms. The number of aliphatic hydroxyl groups excluding tert-OH is 1. The van der Waals surface area contributed by atoms with Crippen molar-refractivity contribution in [1.29, 1.82) is 0 Å². The number of ether oxygens (including phenoxy) is 2. The van der Waals surface area contributed by atoms with E-state index in [1.165, 1.54) is 6.07 Å². The van der Waals surface area contributed by atoms with Crippen LogP contribution >= 0.6 is 0 Å². The number of amides is 1. The summed E-state index contributed by atoms with van der Waals surface area (Å²) in [5.74, 6) is -1.35. The summed E-state index contributed by atoms with van der Waals surface area (Å²) < 4.78 is 27.6. The maximum absolute atomic E-state index is 15.1. The first-order valence-corrected chi connectivity index (χ1v) is 14.5. The third-order valence-corrected chi connectivity index (χ3v) is 9.39. The lowest BCUT2D eigenvalue weighted by atomic mass is 9.81. The van der Waals surface area contributed by atoms with Crippen molar-refractivity contribution in [2.75, 3.05) is 13.2 Å². The van der Waals surface area contributed by atoms with Crippen molar-refractivity contribution >= 4 is 22.8 Å². The van der Waals surface area contributed by atoms with E-state index in [0.717, 1.165) is 34.9 Å². The Morgan fingerprint density at radius 3 is 2.76 bits per heavy atom. The minimum atomic E-state index is -1.96. The van der Waals surface area contributed by atoms with Crippen LogP contribution in [-0.2, 0) is 44.2 Å². The Bertz CT molecular complexity index is 1750. The Morgan fingerprint density at radius 1 is 1.26 bits per heavy atom. The van der Waals surface area contributed by atoms with Crippen molar-refractivity contribution in [2.24, 2.45) is 5.92 Å². The smallest absolute Gasteiger partial charge is 0.343 e. The van der Waals surface area contributed by atoms with Gasteiger partial charge in [-0.25, -0.2) is 14.2 Å². The summed E-state index contributed by atoms with van der Waals surface area (Å²) in [5, 5.41) is 24.5. The average molecular weight is 578 g/mol. The summed E-state index contributed by atoms with van der Waals surface area (Å²) >= 11 is 0. The predicted octanol–water partition coefficient (Wildman–Crippen LogP) is 2.42.